The third-order valence-corrected chi connectivity index (χ3v) is 4.96. The summed E-state index contributed by atoms with van der Waals surface area (Å²) in [6.07, 6.45) is 2.11. The predicted octanol–water partition coefficient (Wildman–Crippen LogP) is 2.58. The Morgan fingerprint density at radius 3 is 2.25 bits per heavy atom. The van der Waals surface area contributed by atoms with Crippen LogP contribution in [0.25, 0.3) is 0 Å². The van der Waals surface area contributed by atoms with Crippen LogP contribution in [0.5, 0.6) is 5.75 Å². The van der Waals surface area contributed by atoms with E-state index in [9.17, 15) is 5.11 Å². The van der Waals surface area contributed by atoms with Crippen LogP contribution in [0.1, 0.15) is 42.9 Å². The average molecular weight is 326 g/mol. The van der Waals surface area contributed by atoms with E-state index in [1.54, 1.807) is 4.90 Å². The molecule has 1 aliphatic rings. The second kappa shape index (κ2) is 8.32. The standard InChI is InChI=1S/C21H27NO2/c1-2-24-19-12-10-18(11-13-19)21(23)20(16-22-14-6-7-15-22)17-8-4-3-5-9-17/h3-5,8-13,20-21,23H,2,6-7,14-16H2,1H3/p+1/t20-,21+/m0/s1. The number of benzene rings is 2. The van der Waals surface area contributed by atoms with Crippen molar-refractivity contribution in [1.29, 1.82) is 0 Å². The van der Waals surface area contributed by atoms with Gasteiger partial charge in [-0.05, 0) is 30.2 Å². The van der Waals surface area contributed by atoms with Crippen LogP contribution in [0.15, 0.2) is 54.6 Å². The summed E-state index contributed by atoms with van der Waals surface area (Å²) in [6, 6.07) is 18.3. The van der Waals surface area contributed by atoms with Gasteiger partial charge < -0.3 is 14.7 Å². The van der Waals surface area contributed by atoms with Crippen molar-refractivity contribution in [3.05, 3.63) is 65.7 Å². The Kier molecular flexibility index (Phi) is 5.89. The van der Waals surface area contributed by atoms with E-state index < -0.39 is 6.10 Å². The number of rotatable bonds is 7. The summed E-state index contributed by atoms with van der Waals surface area (Å²) in [4.78, 5) is 1.61. The lowest BCUT2D eigenvalue weighted by Crippen LogP contribution is -3.10. The van der Waals surface area contributed by atoms with E-state index >= 15 is 0 Å². The fourth-order valence-corrected chi connectivity index (χ4v) is 3.66. The summed E-state index contributed by atoms with van der Waals surface area (Å²) in [6.45, 7) is 6.07. The van der Waals surface area contributed by atoms with Crippen molar-refractivity contribution >= 4 is 0 Å². The average Bonchev–Trinajstić information content (AvgIpc) is 3.14. The van der Waals surface area contributed by atoms with Crippen LogP contribution in [-0.2, 0) is 0 Å². The van der Waals surface area contributed by atoms with Gasteiger partial charge in [0.05, 0.1) is 38.3 Å². The number of nitrogens with one attached hydrogen (secondary N) is 1. The molecular weight excluding hydrogens is 298 g/mol. The molecule has 1 saturated heterocycles. The number of quaternary nitrogens is 1. The van der Waals surface area contributed by atoms with Crippen LogP contribution >= 0.6 is 0 Å². The van der Waals surface area contributed by atoms with E-state index in [-0.39, 0.29) is 5.92 Å². The summed E-state index contributed by atoms with van der Waals surface area (Å²) >= 11 is 0. The monoisotopic (exact) mass is 326 g/mol. The second-order valence-corrected chi connectivity index (χ2v) is 6.63. The molecule has 3 rings (SSSR count). The number of aliphatic hydroxyl groups excluding tert-OH is 1. The lowest BCUT2D eigenvalue weighted by molar-refractivity contribution is -0.889. The first-order valence-electron chi connectivity index (χ1n) is 9.07. The molecule has 24 heavy (non-hydrogen) atoms. The van der Waals surface area contributed by atoms with E-state index in [1.165, 1.54) is 31.5 Å². The maximum atomic E-state index is 11.1. The summed E-state index contributed by atoms with van der Waals surface area (Å²) < 4.78 is 5.51. The molecule has 0 radical (unpaired) electrons. The zero-order valence-electron chi connectivity index (χ0n) is 14.4. The number of aliphatic hydroxyl groups is 1. The lowest BCUT2D eigenvalue weighted by atomic mass is 9.88. The van der Waals surface area contributed by atoms with Crippen molar-refractivity contribution in [2.75, 3.05) is 26.2 Å². The first-order chi connectivity index (χ1) is 11.8. The molecule has 3 nitrogen and oxygen atoms in total. The van der Waals surface area contributed by atoms with Gasteiger partial charge in [0.25, 0.3) is 0 Å². The molecule has 0 aliphatic carbocycles. The van der Waals surface area contributed by atoms with E-state index in [0.717, 1.165) is 17.9 Å². The van der Waals surface area contributed by atoms with Crippen LogP contribution in [0.4, 0.5) is 0 Å². The number of ether oxygens (including phenoxy) is 1. The molecule has 0 aromatic heterocycles. The van der Waals surface area contributed by atoms with Crippen molar-refractivity contribution < 1.29 is 14.7 Å². The topological polar surface area (TPSA) is 33.9 Å². The van der Waals surface area contributed by atoms with Crippen molar-refractivity contribution in [3.8, 4) is 5.75 Å². The van der Waals surface area contributed by atoms with E-state index in [1.807, 2.05) is 37.3 Å². The third kappa shape index (κ3) is 4.16. The molecule has 0 bridgehead atoms. The molecule has 0 spiro atoms. The minimum absolute atomic E-state index is 0.122. The Labute approximate surface area is 144 Å². The van der Waals surface area contributed by atoms with Gasteiger partial charge in [0.2, 0.25) is 0 Å². The molecule has 1 heterocycles. The van der Waals surface area contributed by atoms with Crippen LogP contribution in [0.3, 0.4) is 0 Å². The van der Waals surface area contributed by atoms with Crippen LogP contribution in [0.2, 0.25) is 0 Å². The van der Waals surface area contributed by atoms with E-state index in [4.69, 9.17) is 4.74 Å². The second-order valence-electron chi connectivity index (χ2n) is 6.63. The van der Waals surface area contributed by atoms with Gasteiger partial charge in [0.15, 0.2) is 0 Å². The lowest BCUT2D eigenvalue weighted by Gasteiger charge is -2.26. The van der Waals surface area contributed by atoms with Crippen molar-refractivity contribution in [3.63, 3.8) is 0 Å². The van der Waals surface area contributed by atoms with Gasteiger partial charge in [-0.2, -0.15) is 0 Å². The highest BCUT2D eigenvalue weighted by Gasteiger charge is 2.28. The minimum atomic E-state index is -0.490. The zero-order chi connectivity index (χ0) is 16.8. The molecule has 1 fully saturated rings. The smallest absolute Gasteiger partial charge is 0.119 e. The van der Waals surface area contributed by atoms with Crippen LogP contribution in [-0.4, -0.2) is 31.3 Å². The highest BCUT2D eigenvalue weighted by atomic mass is 16.5. The molecule has 0 amide bonds. The Balaban J connectivity index is 1.80. The van der Waals surface area contributed by atoms with Crippen molar-refractivity contribution in [2.45, 2.75) is 31.8 Å². The molecule has 128 valence electrons. The van der Waals surface area contributed by atoms with Crippen molar-refractivity contribution in [1.82, 2.24) is 0 Å². The Hall–Kier alpha value is -1.84. The third-order valence-electron chi connectivity index (χ3n) is 4.96. The quantitative estimate of drug-likeness (QED) is 0.820. The summed E-state index contributed by atoms with van der Waals surface area (Å²) in [5.74, 6) is 0.979. The molecule has 0 unspecified atom stereocenters. The number of likely N-dealkylation sites (tertiary alicyclic amines) is 1. The van der Waals surface area contributed by atoms with Gasteiger partial charge in [-0.1, -0.05) is 42.5 Å². The molecule has 3 heteroatoms. The summed E-state index contributed by atoms with van der Waals surface area (Å²) in [5.41, 5.74) is 2.18. The molecule has 0 saturated carbocycles. The number of hydrogen-bond acceptors (Lipinski definition) is 2. The summed E-state index contributed by atoms with van der Waals surface area (Å²) in [7, 11) is 0. The minimum Gasteiger partial charge on any atom is -0.494 e. The Morgan fingerprint density at radius 2 is 1.62 bits per heavy atom. The molecule has 2 aromatic carbocycles. The maximum absolute atomic E-state index is 11.1. The van der Waals surface area contributed by atoms with Crippen LogP contribution < -0.4 is 9.64 Å². The van der Waals surface area contributed by atoms with Gasteiger partial charge in [-0.15, -0.1) is 0 Å². The van der Waals surface area contributed by atoms with Crippen LogP contribution in [0, 0.1) is 0 Å². The fourth-order valence-electron chi connectivity index (χ4n) is 3.66. The summed E-state index contributed by atoms with van der Waals surface area (Å²) in [5, 5.41) is 11.1. The van der Waals surface area contributed by atoms with E-state index in [0.29, 0.717) is 6.61 Å². The highest BCUT2D eigenvalue weighted by Crippen LogP contribution is 2.31. The Morgan fingerprint density at radius 1 is 0.958 bits per heavy atom. The fraction of sp³-hybridized carbons (Fsp3) is 0.429. The first kappa shape index (κ1) is 17.0. The predicted molar refractivity (Wildman–Crippen MR) is 96.6 cm³/mol. The molecular formula is C21H28NO2+. The largest absolute Gasteiger partial charge is 0.494 e. The molecule has 2 aromatic rings. The van der Waals surface area contributed by atoms with E-state index in [2.05, 4.69) is 24.3 Å². The SMILES string of the molecule is CCOc1ccc([C@@H](O)[C@@H](C[NH+]2CCCC2)c2ccccc2)cc1. The number of hydrogen-bond donors (Lipinski definition) is 2. The zero-order valence-corrected chi connectivity index (χ0v) is 14.4. The first-order valence-corrected chi connectivity index (χ1v) is 9.07. The highest BCUT2D eigenvalue weighted by molar-refractivity contribution is 5.31. The molecule has 2 atom stereocenters. The van der Waals surface area contributed by atoms with Gasteiger partial charge >= 0.3 is 0 Å². The van der Waals surface area contributed by atoms with Gasteiger partial charge in [0, 0.05) is 12.8 Å². The maximum Gasteiger partial charge on any atom is 0.119 e. The van der Waals surface area contributed by atoms with Gasteiger partial charge in [-0.25, -0.2) is 0 Å². The van der Waals surface area contributed by atoms with Gasteiger partial charge in [0.1, 0.15) is 5.75 Å². The molecule has 1 aliphatic heterocycles. The molecule has 2 N–H and O–H groups in total. The van der Waals surface area contributed by atoms with Crippen molar-refractivity contribution in [2.24, 2.45) is 0 Å². The normalized spacial score (nSPS) is 17.6. The Bertz CT molecular complexity index is 605. The van der Waals surface area contributed by atoms with Gasteiger partial charge in [-0.3, -0.25) is 0 Å².